The van der Waals surface area contributed by atoms with Crippen molar-refractivity contribution in [3.05, 3.63) is 72.4 Å². The lowest BCUT2D eigenvalue weighted by molar-refractivity contribution is 0.537. The minimum atomic E-state index is -1.43. The highest BCUT2D eigenvalue weighted by molar-refractivity contribution is 6.89. The Morgan fingerprint density at radius 2 is 1.30 bits per heavy atom. The molecule has 1 nitrogen and oxygen atoms in total. The fraction of sp³-hybridized carbons (Fsp3) is 0.320. The molecule has 0 amide bonds. The van der Waals surface area contributed by atoms with Crippen LogP contribution in [0, 0.1) is 5.92 Å². The second kappa shape index (κ2) is 7.81. The fourth-order valence-electron chi connectivity index (χ4n) is 3.46. The van der Waals surface area contributed by atoms with Gasteiger partial charge in [-0.2, -0.15) is 0 Å². The molecule has 0 aliphatic carbocycles. The Morgan fingerprint density at radius 1 is 0.741 bits per heavy atom. The third-order valence-corrected chi connectivity index (χ3v) is 7.56. The lowest BCUT2D eigenvalue weighted by Gasteiger charge is -2.26. The molecule has 0 N–H and O–H groups in total. The summed E-state index contributed by atoms with van der Waals surface area (Å²) in [5.41, 5.74) is 6.25. The van der Waals surface area contributed by atoms with Crippen molar-refractivity contribution in [3.8, 4) is 22.4 Å². The first-order valence-electron chi connectivity index (χ1n) is 9.93. The van der Waals surface area contributed by atoms with E-state index in [1.165, 1.54) is 27.4 Å². The first-order chi connectivity index (χ1) is 12.8. The van der Waals surface area contributed by atoms with Gasteiger partial charge in [-0.05, 0) is 39.8 Å². The van der Waals surface area contributed by atoms with E-state index in [0.29, 0.717) is 11.8 Å². The number of pyridine rings is 1. The first-order valence-corrected chi connectivity index (χ1v) is 13.4. The van der Waals surface area contributed by atoms with Crippen molar-refractivity contribution >= 4 is 13.3 Å². The van der Waals surface area contributed by atoms with Crippen molar-refractivity contribution in [2.45, 2.75) is 46.3 Å². The summed E-state index contributed by atoms with van der Waals surface area (Å²) < 4.78 is 0. The SMILES string of the molecule is CC(C)C(C)c1cc(-c2ccc(-c3ccccc3)cc2)ncc1[Si](C)(C)C. The molecule has 0 saturated heterocycles. The highest BCUT2D eigenvalue weighted by Crippen LogP contribution is 2.29. The smallest absolute Gasteiger partial charge is 0.0799 e. The second-order valence-corrected chi connectivity index (χ2v) is 13.9. The van der Waals surface area contributed by atoms with E-state index in [2.05, 4.69) is 107 Å². The van der Waals surface area contributed by atoms with Gasteiger partial charge in [-0.3, -0.25) is 4.98 Å². The Balaban J connectivity index is 2.01. The van der Waals surface area contributed by atoms with Gasteiger partial charge in [-0.1, -0.05) is 95.0 Å². The summed E-state index contributed by atoms with van der Waals surface area (Å²) in [6.45, 7) is 14.2. The van der Waals surface area contributed by atoms with Crippen molar-refractivity contribution in [1.29, 1.82) is 0 Å². The van der Waals surface area contributed by atoms with Gasteiger partial charge in [0.05, 0.1) is 13.8 Å². The molecule has 140 valence electrons. The summed E-state index contributed by atoms with van der Waals surface area (Å²) in [6, 6.07) is 21.7. The predicted molar refractivity (Wildman–Crippen MR) is 121 cm³/mol. The number of hydrogen-bond acceptors (Lipinski definition) is 1. The van der Waals surface area contributed by atoms with Crippen LogP contribution >= 0.6 is 0 Å². The molecule has 3 aromatic rings. The van der Waals surface area contributed by atoms with Gasteiger partial charge in [0.1, 0.15) is 0 Å². The van der Waals surface area contributed by atoms with Crippen molar-refractivity contribution in [3.63, 3.8) is 0 Å². The molecule has 0 radical (unpaired) electrons. The zero-order valence-electron chi connectivity index (χ0n) is 17.5. The van der Waals surface area contributed by atoms with Crippen molar-refractivity contribution in [1.82, 2.24) is 4.98 Å². The quantitative estimate of drug-likeness (QED) is 0.452. The number of hydrogen-bond donors (Lipinski definition) is 0. The molecule has 3 rings (SSSR count). The third kappa shape index (κ3) is 4.39. The minimum Gasteiger partial charge on any atom is -0.256 e. The van der Waals surface area contributed by atoms with Crippen LogP contribution in [0.15, 0.2) is 66.9 Å². The Morgan fingerprint density at radius 3 is 1.85 bits per heavy atom. The summed E-state index contributed by atoms with van der Waals surface area (Å²) in [6.07, 6.45) is 2.15. The molecule has 2 heteroatoms. The van der Waals surface area contributed by atoms with E-state index in [4.69, 9.17) is 4.98 Å². The van der Waals surface area contributed by atoms with Gasteiger partial charge in [0.25, 0.3) is 0 Å². The zero-order chi connectivity index (χ0) is 19.6. The standard InChI is InChI=1S/C25H31NSi/c1-18(2)19(3)23-16-24(26-17-25(23)27(4,5)6)22-14-12-21(13-15-22)20-10-8-7-9-11-20/h7-19H,1-6H3. The van der Waals surface area contributed by atoms with E-state index in [-0.39, 0.29) is 0 Å². The highest BCUT2D eigenvalue weighted by Gasteiger charge is 2.25. The molecule has 1 aromatic heterocycles. The molecular formula is C25H31NSi. The molecule has 1 atom stereocenters. The summed E-state index contributed by atoms with van der Waals surface area (Å²) >= 11 is 0. The Hall–Kier alpha value is -2.19. The van der Waals surface area contributed by atoms with Gasteiger partial charge in [0, 0.05) is 11.8 Å². The largest absolute Gasteiger partial charge is 0.256 e. The average Bonchev–Trinajstić information content (AvgIpc) is 2.67. The number of nitrogens with zero attached hydrogens (tertiary/aromatic N) is 1. The van der Waals surface area contributed by atoms with Crippen LogP contribution in [-0.2, 0) is 0 Å². The van der Waals surface area contributed by atoms with E-state index in [1.807, 2.05) is 0 Å². The lowest BCUT2D eigenvalue weighted by atomic mass is 9.90. The second-order valence-electron chi connectivity index (χ2n) is 8.88. The molecule has 0 spiro atoms. The zero-order valence-corrected chi connectivity index (χ0v) is 18.5. The van der Waals surface area contributed by atoms with Crippen LogP contribution in [0.3, 0.4) is 0 Å². The number of benzene rings is 2. The van der Waals surface area contributed by atoms with Crippen LogP contribution < -0.4 is 5.19 Å². The van der Waals surface area contributed by atoms with Crippen LogP contribution in [0.1, 0.15) is 32.3 Å². The normalized spacial score (nSPS) is 13.0. The van der Waals surface area contributed by atoms with Crippen LogP contribution in [0.25, 0.3) is 22.4 Å². The van der Waals surface area contributed by atoms with Crippen LogP contribution in [0.5, 0.6) is 0 Å². The predicted octanol–water partition coefficient (Wildman–Crippen LogP) is 6.72. The summed E-state index contributed by atoms with van der Waals surface area (Å²) in [7, 11) is -1.43. The summed E-state index contributed by atoms with van der Waals surface area (Å²) in [5, 5.41) is 1.49. The molecule has 0 bridgehead atoms. The topological polar surface area (TPSA) is 12.9 Å². The van der Waals surface area contributed by atoms with Crippen molar-refractivity contribution in [2.24, 2.45) is 5.92 Å². The van der Waals surface area contributed by atoms with E-state index in [0.717, 1.165) is 5.69 Å². The molecule has 1 unspecified atom stereocenters. The highest BCUT2D eigenvalue weighted by atomic mass is 28.3. The number of rotatable bonds is 5. The first kappa shape index (κ1) is 19.6. The summed E-state index contributed by atoms with van der Waals surface area (Å²) in [5.74, 6) is 1.16. The average molecular weight is 374 g/mol. The van der Waals surface area contributed by atoms with E-state index in [9.17, 15) is 0 Å². The molecule has 0 fully saturated rings. The molecule has 27 heavy (non-hydrogen) atoms. The molecule has 0 aliphatic rings. The van der Waals surface area contributed by atoms with E-state index >= 15 is 0 Å². The fourth-order valence-corrected chi connectivity index (χ4v) is 5.07. The molecule has 2 aromatic carbocycles. The van der Waals surface area contributed by atoms with Crippen molar-refractivity contribution < 1.29 is 0 Å². The maximum atomic E-state index is 4.85. The van der Waals surface area contributed by atoms with Crippen LogP contribution in [0.4, 0.5) is 0 Å². The Bertz CT molecular complexity index is 890. The lowest BCUT2D eigenvalue weighted by Crippen LogP contribution is -2.41. The third-order valence-electron chi connectivity index (χ3n) is 5.52. The molecule has 0 aliphatic heterocycles. The van der Waals surface area contributed by atoms with Gasteiger partial charge in [-0.25, -0.2) is 0 Å². The van der Waals surface area contributed by atoms with E-state index in [1.54, 1.807) is 0 Å². The Kier molecular flexibility index (Phi) is 5.66. The van der Waals surface area contributed by atoms with Gasteiger partial charge >= 0.3 is 0 Å². The van der Waals surface area contributed by atoms with Gasteiger partial charge in [0.2, 0.25) is 0 Å². The Labute approximate surface area is 165 Å². The molecule has 0 saturated carbocycles. The number of aromatic nitrogens is 1. The van der Waals surface area contributed by atoms with Gasteiger partial charge in [0.15, 0.2) is 0 Å². The van der Waals surface area contributed by atoms with Gasteiger partial charge in [-0.15, -0.1) is 0 Å². The molecular weight excluding hydrogens is 342 g/mol. The van der Waals surface area contributed by atoms with E-state index < -0.39 is 8.07 Å². The summed E-state index contributed by atoms with van der Waals surface area (Å²) in [4.78, 5) is 4.85. The maximum absolute atomic E-state index is 4.85. The van der Waals surface area contributed by atoms with Crippen LogP contribution in [0.2, 0.25) is 19.6 Å². The van der Waals surface area contributed by atoms with Crippen molar-refractivity contribution in [2.75, 3.05) is 0 Å². The molecule has 1 heterocycles. The van der Waals surface area contributed by atoms with Crippen LogP contribution in [-0.4, -0.2) is 13.1 Å². The maximum Gasteiger partial charge on any atom is 0.0799 e. The van der Waals surface area contributed by atoms with Gasteiger partial charge < -0.3 is 0 Å². The monoisotopic (exact) mass is 373 g/mol. The minimum absolute atomic E-state index is 0.539.